The van der Waals surface area contributed by atoms with Crippen LogP contribution in [0.2, 0.25) is 5.02 Å². The second-order valence-corrected chi connectivity index (χ2v) is 5.64. The van der Waals surface area contributed by atoms with Crippen LogP contribution < -0.4 is 10.7 Å². The first-order valence-electron chi connectivity index (χ1n) is 7.47. The molecule has 0 unspecified atom stereocenters. The minimum atomic E-state index is -0.336. The molecule has 2 aromatic carbocycles. The summed E-state index contributed by atoms with van der Waals surface area (Å²) in [5, 5.41) is 7.12. The van der Waals surface area contributed by atoms with Crippen LogP contribution in [0.5, 0.6) is 0 Å². The molecule has 24 heavy (non-hydrogen) atoms. The topological polar surface area (TPSA) is 70.6 Å². The number of nitrogens with one attached hydrogen (secondary N) is 2. The van der Waals surface area contributed by atoms with E-state index in [2.05, 4.69) is 15.8 Å². The minimum Gasteiger partial charge on any atom is -0.326 e. The fourth-order valence-electron chi connectivity index (χ4n) is 1.90. The molecule has 2 N–H and O–H groups in total. The second kappa shape index (κ2) is 8.84. The molecular weight excluding hydrogens is 326 g/mol. The predicted octanol–water partition coefficient (Wildman–Crippen LogP) is 3.52. The van der Waals surface area contributed by atoms with E-state index in [0.29, 0.717) is 16.3 Å². The fraction of sp³-hybridized carbons (Fsp3) is 0.167. The van der Waals surface area contributed by atoms with E-state index in [1.165, 1.54) is 6.21 Å². The summed E-state index contributed by atoms with van der Waals surface area (Å²) in [6.07, 6.45) is 1.60. The Morgan fingerprint density at radius 2 is 1.71 bits per heavy atom. The van der Waals surface area contributed by atoms with E-state index < -0.39 is 0 Å². The van der Waals surface area contributed by atoms with Crippen LogP contribution in [0, 0.1) is 6.92 Å². The standard InChI is InChI=1S/C18H18ClN3O2/c1-13-6-8-15(9-7-13)21-17(23)10-11-18(24)22-20-12-14-4-2-3-5-16(14)19/h2-9,12H,10-11H2,1H3,(H,21,23)(H,22,24)/b20-12-. The van der Waals surface area contributed by atoms with E-state index in [0.717, 1.165) is 5.56 Å². The molecule has 2 amide bonds. The largest absolute Gasteiger partial charge is 0.326 e. The number of anilines is 1. The van der Waals surface area contributed by atoms with Gasteiger partial charge in [0.1, 0.15) is 0 Å². The summed E-state index contributed by atoms with van der Waals surface area (Å²) in [6, 6.07) is 14.6. The zero-order chi connectivity index (χ0) is 17.4. The molecule has 0 spiro atoms. The maximum absolute atomic E-state index is 11.8. The van der Waals surface area contributed by atoms with E-state index in [9.17, 15) is 9.59 Å². The van der Waals surface area contributed by atoms with Crippen molar-refractivity contribution in [2.75, 3.05) is 5.32 Å². The summed E-state index contributed by atoms with van der Waals surface area (Å²) < 4.78 is 0. The number of carbonyl (C=O) groups excluding carboxylic acids is 2. The Kier molecular flexibility index (Phi) is 6.51. The Morgan fingerprint density at radius 1 is 1.04 bits per heavy atom. The summed E-state index contributed by atoms with van der Waals surface area (Å²) >= 11 is 5.97. The maximum atomic E-state index is 11.8. The van der Waals surface area contributed by atoms with Crippen LogP contribution in [0.15, 0.2) is 53.6 Å². The molecule has 2 rings (SSSR count). The van der Waals surface area contributed by atoms with E-state index in [4.69, 9.17) is 11.6 Å². The molecule has 0 heterocycles. The number of rotatable bonds is 6. The van der Waals surface area contributed by atoms with Gasteiger partial charge in [0.05, 0.1) is 6.21 Å². The van der Waals surface area contributed by atoms with E-state index in [1.54, 1.807) is 12.1 Å². The minimum absolute atomic E-state index is 0.0531. The maximum Gasteiger partial charge on any atom is 0.240 e. The molecule has 0 aromatic heterocycles. The van der Waals surface area contributed by atoms with Crippen molar-refractivity contribution >= 4 is 35.3 Å². The quantitative estimate of drug-likeness (QED) is 0.622. The van der Waals surface area contributed by atoms with Crippen molar-refractivity contribution in [1.82, 2.24) is 5.43 Å². The van der Waals surface area contributed by atoms with Crippen LogP contribution in [0.3, 0.4) is 0 Å². The number of aryl methyl sites for hydroxylation is 1. The van der Waals surface area contributed by atoms with E-state index in [-0.39, 0.29) is 24.7 Å². The van der Waals surface area contributed by atoms with Crippen molar-refractivity contribution in [3.63, 3.8) is 0 Å². The van der Waals surface area contributed by atoms with E-state index >= 15 is 0 Å². The molecule has 6 heteroatoms. The summed E-state index contributed by atoms with van der Waals surface area (Å²) in [7, 11) is 0. The second-order valence-electron chi connectivity index (χ2n) is 5.23. The van der Waals surface area contributed by atoms with Crippen LogP contribution in [-0.2, 0) is 9.59 Å². The number of hydrogen-bond acceptors (Lipinski definition) is 3. The molecule has 124 valence electrons. The summed E-state index contributed by atoms with van der Waals surface area (Å²) in [6.45, 7) is 1.97. The molecule has 0 aliphatic heterocycles. The first kappa shape index (κ1) is 17.7. The smallest absolute Gasteiger partial charge is 0.240 e. The molecule has 5 nitrogen and oxygen atoms in total. The molecule has 0 atom stereocenters. The van der Waals surface area contributed by atoms with Gasteiger partial charge in [0.15, 0.2) is 0 Å². The third kappa shape index (κ3) is 5.85. The van der Waals surface area contributed by atoms with Gasteiger partial charge in [-0.2, -0.15) is 5.10 Å². The molecule has 0 bridgehead atoms. The normalized spacial score (nSPS) is 10.6. The van der Waals surface area contributed by atoms with Gasteiger partial charge in [0.25, 0.3) is 0 Å². The summed E-state index contributed by atoms with van der Waals surface area (Å²) in [5.41, 5.74) is 4.91. The Balaban J connectivity index is 1.73. The Labute approximate surface area is 145 Å². The van der Waals surface area contributed by atoms with Crippen LogP contribution in [-0.4, -0.2) is 18.0 Å². The predicted molar refractivity (Wildman–Crippen MR) is 96.2 cm³/mol. The third-order valence-corrected chi connectivity index (χ3v) is 3.56. The zero-order valence-electron chi connectivity index (χ0n) is 13.3. The highest BCUT2D eigenvalue weighted by Gasteiger charge is 2.06. The molecule has 0 aliphatic rings. The number of benzene rings is 2. The number of carbonyl (C=O) groups is 2. The summed E-state index contributed by atoms with van der Waals surface area (Å²) in [4.78, 5) is 23.5. The van der Waals surface area contributed by atoms with Gasteiger partial charge >= 0.3 is 0 Å². The van der Waals surface area contributed by atoms with Crippen molar-refractivity contribution in [3.8, 4) is 0 Å². The van der Waals surface area contributed by atoms with Gasteiger partial charge in [-0.05, 0) is 25.1 Å². The molecular formula is C18H18ClN3O2. The van der Waals surface area contributed by atoms with Gasteiger partial charge in [0.2, 0.25) is 11.8 Å². The average Bonchev–Trinajstić information content (AvgIpc) is 2.57. The first-order chi connectivity index (χ1) is 11.5. The van der Waals surface area contributed by atoms with Crippen LogP contribution >= 0.6 is 11.6 Å². The van der Waals surface area contributed by atoms with Gasteiger partial charge in [-0.3, -0.25) is 9.59 Å². The Bertz CT molecular complexity index is 742. The van der Waals surface area contributed by atoms with Crippen molar-refractivity contribution < 1.29 is 9.59 Å². The number of halogens is 1. The molecule has 0 radical (unpaired) electrons. The highest BCUT2D eigenvalue weighted by Crippen LogP contribution is 2.12. The Morgan fingerprint density at radius 3 is 2.42 bits per heavy atom. The van der Waals surface area contributed by atoms with Crippen molar-refractivity contribution in [1.29, 1.82) is 0 Å². The van der Waals surface area contributed by atoms with Crippen LogP contribution in [0.25, 0.3) is 0 Å². The van der Waals surface area contributed by atoms with Crippen molar-refractivity contribution in [3.05, 3.63) is 64.7 Å². The molecule has 0 saturated carbocycles. The first-order valence-corrected chi connectivity index (χ1v) is 7.85. The average molecular weight is 344 g/mol. The molecule has 0 fully saturated rings. The number of nitrogens with zero attached hydrogens (tertiary/aromatic N) is 1. The lowest BCUT2D eigenvalue weighted by atomic mass is 10.2. The lowest BCUT2D eigenvalue weighted by Gasteiger charge is -2.05. The monoisotopic (exact) mass is 343 g/mol. The molecule has 0 aliphatic carbocycles. The number of amides is 2. The van der Waals surface area contributed by atoms with Gasteiger partial charge in [-0.15, -0.1) is 0 Å². The summed E-state index contributed by atoms with van der Waals surface area (Å²) in [5.74, 6) is -0.554. The van der Waals surface area contributed by atoms with Gasteiger partial charge in [-0.1, -0.05) is 47.5 Å². The highest BCUT2D eigenvalue weighted by molar-refractivity contribution is 6.33. The van der Waals surface area contributed by atoms with Gasteiger partial charge < -0.3 is 5.32 Å². The molecule has 2 aromatic rings. The number of hydrazone groups is 1. The zero-order valence-corrected chi connectivity index (χ0v) is 14.0. The lowest BCUT2D eigenvalue weighted by molar-refractivity contribution is -0.124. The van der Waals surface area contributed by atoms with Crippen molar-refractivity contribution in [2.45, 2.75) is 19.8 Å². The van der Waals surface area contributed by atoms with Crippen LogP contribution in [0.1, 0.15) is 24.0 Å². The fourth-order valence-corrected chi connectivity index (χ4v) is 2.08. The van der Waals surface area contributed by atoms with Gasteiger partial charge in [-0.25, -0.2) is 5.43 Å². The van der Waals surface area contributed by atoms with Crippen molar-refractivity contribution in [2.24, 2.45) is 5.10 Å². The number of hydrogen-bond donors (Lipinski definition) is 2. The highest BCUT2D eigenvalue weighted by atomic mass is 35.5. The SMILES string of the molecule is Cc1ccc(NC(=O)CCC(=O)N/N=C\c2ccccc2Cl)cc1. The van der Waals surface area contributed by atoms with E-state index in [1.807, 2.05) is 43.3 Å². The Hall–Kier alpha value is -2.66. The van der Waals surface area contributed by atoms with Crippen LogP contribution in [0.4, 0.5) is 5.69 Å². The molecule has 0 saturated heterocycles. The van der Waals surface area contributed by atoms with Gasteiger partial charge in [0, 0.05) is 29.1 Å². The third-order valence-electron chi connectivity index (χ3n) is 3.21. The lowest BCUT2D eigenvalue weighted by Crippen LogP contribution is -2.20.